The van der Waals surface area contributed by atoms with Gasteiger partial charge in [-0.25, -0.2) is 4.98 Å². The summed E-state index contributed by atoms with van der Waals surface area (Å²) < 4.78 is 4.88. The second kappa shape index (κ2) is 10.2. The fraction of sp³-hybridized carbons (Fsp3) is 0.143. The van der Waals surface area contributed by atoms with E-state index in [0.29, 0.717) is 5.13 Å². The molecule has 2 aromatic carbocycles. The van der Waals surface area contributed by atoms with E-state index < -0.39 is 29.2 Å². The maximum atomic E-state index is 12.0. The molecule has 0 aliphatic heterocycles. The van der Waals surface area contributed by atoms with Crippen molar-refractivity contribution >= 4 is 39.8 Å². The van der Waals surface area contributed by atoms with Gasteiger partial charge in [0, 0.05) is 35.1 Å². The van der Waals surface area contributed by atoms with Gasteiger partial charge in [0.1, 0.15) is 0 Å². The molecule has 0 aliphatic carbocycles. The summed E-state index contributed by atoms with van der Waals surface area (Å²) in [6, 6.07) is 14.5. The third kappa shape index (κ3) is 6.28. The average Bonchev–Trinajstić information content (AvgIpc) is 3.25. The number of carbonyl (C=O) groups excluding carboxylic acids is 3. The number of esters is 1. The predicted molar refractivity (Wildman–Crippen MR) is 114 cm³/mol. The smallest absolute Gasteiger partial charge is 0.306 e. The monoisotopic (exact) mass is 439 g/mol. The van der Waals surface area contributed by atoms with Gasteiger partial charge >= 0.3 is 5.97 Å². The lowest BCUT2D eigenvalue weighted by Crippen LogP contribution is -2.17. The summed E-state index contributed by atoms with van der Waals surface area (Å²) in [5.41, 5.74) is 1.72. The quantitative estimate of drug-likeness (QED) is 0.232. The van der Waals surface area contributed by atoms with Crippen LogP contribution < -0.4 is 5.32 Å². The molecule has 10 heteroatoms. The van der Waals surface area contributed by atoms with E-state index in [-0.39, 0.29) is 24.1 Å². The number of amides is 1. The van der Waals surface area contributed by atoms with Gasteiger partial charge in [0.15, 0.2) is 17.5 Å². The van der Waals surface area contributed by atoms with E-state index in [4.69, 9.17) is 4.74 Å². The van der Waals surface area contributed by atoms with Crippen LogP contribution in [-0.2, 0) is 14.3 Å². The highest BCUT2D eigenvalue weighted by atomic mass is 32.1. The van der Waals surface area contributed by atoms with E-state index in [1.807, 2.05) is 35.7 Å². The normalized spacial score (nSPS) is 10.3. The lowest BCUT2D eigenvalue weighted by atomic mass is 10.1. The molecule has 31 heavy (non-hydrogen) atoms. The van der Waals surface area contributed by atoms with Gasteiger partial charge in [-0.15, -0.1) is 11.3 Å². The SMILES string of the molecule is O=C(CCC(=O)OCC(=O)c1ccc([N+](=O)[O-])cc1)Nc1nc(-c2ccccc2)cs1. The predicted octanol–water partition coefficient (Wildman–Crippen LogP) is 3.86. The molecule has 0 radical (unpaired) electrons. The molecule has 9 nitrogen and oxygen atoms in total. The summed E-state index contributed by atoms with van der Waals surface area (Å²) in [6.07, 6.45) is -0.318. The van der Waals surface area contributed by atoms with Crippen LogP contribution in [0.3, 0.4) is 0 Å². The van der Waals surface area contributed by atoms with Gasteiger partial charge in [0.25, 0.3) is 5.69 Å². The number of ketones is 1. The standard InChI is InChI=1S/C21H17N3O6S/c25-18(15-6-8-16(9-7-15)24(28)29)12-30-20(27)11-10-19(26)23-21-22-17(13-31-21)14-4-2-1-3-5-14/h1-9,13H,10-12H2,(H,22,23,26). The molecule has 0 saturated heterocycles. The molecule has 3 aromatic rings. The molecule has 1 heterocycles. The highest BCUT2D eigenvalue weighted by Gasteiger charge is 2.14. The largest absolute Gasteiger partial charge is 0.457 e. The van der Waals surface area contributed by atoms with Gasteiger partial charge in [0.05, 0.1) is 17.0 Å². The first kappa shape index (κ1) is 21.8. The first-order valence-electron chi connectivity index (χ1n) is 9.16. The van der Waals surface area contributed by atoms with E-state index in [1.165, 1.54) is 35.6 Å². The second-order valence-corrected chi connectivity index (χ2v) is 7.20. The van der Waals surface area contributed by atoms with Gasteiger partial charge in [-0.2, -0.15) is 0 Å². The zero-order valence-corrected chi connectivity index (χ0v) is 17.0. The minimum atomic E-state index is -0.700. The van der Waals surface area contributed by atoms with Crippen LogP contribution >= 0.6 is 11.3 Å². The van der Waals surface area contributed by atoms with Gasteiger partial charge in [0.2, 0.25) is 5.91 Å². The maximum Gasteiger partial charge on any atom is 0.306 e. The molecule has 0 spiro atoms. The molecule has 3 rings (SSSR count). The molecule has 0 aliphatic rings. The molecule has 1 aromatic heterocycles. The third-order valence-electron chi connectivity index (χ3n) is 4.14. The molecule has 0 bridgehead atoms. The van der Waals surface area contributed by atoms with Crippen molar-refractivity contribution < 1.29 is 24.0 Å². The lowest BCUT2D eigenvalue weighted by Gasteiger charge is -2.05. The zero-order chi connectivity index (χ0) is 22.2. The van der Waals surface area contributed by atoms with Gasteiger partial charge in [-0.05, 0) is 12.1 Å². The van der Waals surface area contributed by atoms with Crippen molar-refractivity contribution in [2.24, 2.45) is 0 Å². The Hall–Kier alpha value is -3.92. The summed E-state index contributed by atoms with van der Waals surface area (Å²) in [5, 5.41) is 15.5. The number of nitrogens with zero attached hydrogens (tertiary/aromatic N) is 2. The molecule has 0 atom stereocenters. The Morgan fingerprint density at radius 1 is 1.03 bits per heavy atom. The first-order chi connectivity index (χ1) is 14.9. The number of rotatable bonds is 9. The van der Waals surface area contributed by atoms with Crippen molar-refractivity contribution in [3.05, 3.63) is 75.7 Å². The van der Waals surface area contributed by atoms with E-state index in [2.05, 4.69) is 10.3 Å². The van der Waals surface area contributed by atoms with E-state index in [9.17, 15) is 24.5 Å². The van der Waals surface area contributed by atoms with Gasteiger partial charge in [-0.1, -0.05) is 30.3 Å². The number of Topliss-reactive ketones (excluding diaryl/α,β-unsaturated/α-hetero) is 1. The highest BCUT2D eigenvalue weighted by molar-refractivity contribution is 7.14. The second-order valence-electron chi connectivity index (χ2n) is 6.34. The minimum absolute atomic E-state index is 0.120. The van der Waals surface area contributed by atoms with Crippen LogP contribution in [0.25, 0.3) is 11.3 Å². The third-order valence-corrected chi connectivity index (χ3v) is 4.90. The van der Waals surface area contributed by atoms with Crippen molar-refractivity contribution in [3.8, 4) is 11.3 Å². The number of nitro benzene ring substituents is 1. The summed E-state index contributed by atoms with van der Waals surface area (Å²) in [4.78, 5) is 50.2. The molecule has 0 unspecified atom stereocenters. The topological polar surface area (TPSA) is 128 Å². The van der Waals surface area contributed by atoms with Gasteiger partial charge < -0.3 is 10.1 Å². The van der Waals surface area contributed by atoms with Gasteiger partial charge in [-0.3, -0.25) is 24.5 Å². The van der Waals surface area contributed by atoms with Crippen molar-refractivity contribution in [3.63, 3.8) is 0 Å². The van der Waals surface area contributed by atoms with Crippen molar-refractivity contribution in [2.75, 3.05) is 11.9 Å². The maximum absolute atomic E-state index is 12.0. The minimum Gasteiger partial charge on any atom is -0.457 e. The first-order valence-corrected chi connectivity index (χ1v) is 10.0. The molecular formula is C21H17N3O6S. The summed E-state index contributed by atoms with van der Waals surface area (Å²) >= 11 is 1.28. The molecule has 0 fully saturated rings. The van der Waals surface area contributed by atoms with Crippen LogP contribution in [0.4, 0.5) is 10.8 Å². The molecule has 1 N–H and O–H groups in total. The number of hydrogen-bond donors (Lipinski definition) is 1. The van der Waals surface area contributed by atoms with Crippen LogP contribution in [-0.4, -0.2) is 34.2 Å². The number of nitrogens with one attached hydrogen (secondary N) is 1. The number of aromatic nitrogens is 1. The van der Waals surface area contributed by atoms with Crippen LogP contribution in [0.1, 0.15) is 23.2 Å². The van der Waals surface area contributed by atoms with Crippen LogP contribution in [0.15, 0.2) is 60.0 Å². The van der Waals surface area contributed by atoms with Crippen molar-refractivity contribution in [1.82, 2.24) is 4.98 Å². The highest BCUT2D eigenvalue weighted by Crippen LogP contribution is 2.24. The van der Waals surface area contributed by atoms with E-state index in [1.54, 1.807) is 0 Å². The summed E-state index contributed by atoms with van der Waals surface area (Å²) in [5.74, 6) is -1.59. The zero-order valence-electron chi connectivity index (χ0n) is 16.1. The number of nitro groups is 1. The van der Waals surface area contributed by atoms with Crippen LogP contribution in [0, 0.1) is 10.1 Å². The molecule has 0 saturated carbocycles. The molecule has 1 amide bonds. The van der Waals surface area contributed by atoms with Crippen LogP contribution in [0.2, 0.25) is 0 Å². The Balaban J connectivity index is 1.41. The number of carbonyl (C=O) groups is 3. The van der Waals surface area contributed by atoms with E-state index in [0.717, 1.165) is 11.3 Å². The number of hydrogen-bond acceptors (Lipinski definition) is 8. The fourth-order valence-corrected chi connectivity index (χ4v) is 3.28. The lowest BCUT2D eigenvalue weighted by molar-refractivity contribution is -0.384. The number of benzene rings is 2. The Kier molecular flexibility index (Phi) is 7.17. The number of non-ortho nitro benzene ring substituents is 1. The average molecular weight is 439 g/mol. The summed E-state index contributed by atoms with van der Waals surface area (Å²) in [7, 11) is 0. The number of ether oxygens (including phenoxy) is 1. The molecular weight excluding hydrogens is 422 g/mol. The molecule has 158 valence electrons. The number of thiazole rings is 1. The fourth-order valence-electron chi connectivity index (χ4n) is 2.54. The van der Waals surface area contributed by atoms with Crippen molar-refractivity contribution in [1.29, 1.82) is 0 Å². The van der Waals surface area contributed by atoms with Crippen LogP contribution in [0.5, 0.6) is 0 Å². The van der Waals surface area contributed by atoms with Crippen molar-refractivity contribution in [2.45, 2.75) is 12.8 Å². The Bertz CT molecular complexity index is 1100. The Morgan fingerprint density at radius 3 is 2.42 bits per heavy atom. The Morgan fingerprint density at radius 2 is 1.74 bits per heavy atom. The summed E-state index contributed by atoms with van der Waals surface area (Å²) in [6.45, 7) is -0.509. The number of anilines is 1. The Labute approximate surface area is 180 Å². The van der Waals surface area contributed by atoms with E-state index >= 15 is 0 Å².